The quantitative estimate of drug-likeness (QED) is 0.611. The zero-order chi connectivity index (χ0) is 12.8. The van der Waals surface area contributed by atoms with Gasteiger partial charge < -0.3 is 14.8 Å². The van der Waals surface area contributed by atoms with E-state index in [1.165, 1.54) is 19.1 Å². The van der Waals surface area contributed by atoms with E-state index in [2.05, 4.69) is 0 Å². The molecule has 0 unspecified atom stereocenters. The number of nitrogens with two attached hydrogens (primary N) is 1. The zero-order valence-electron chi connectivity index (χ0n) is 9.87. The summed E-state index contributed by atoms with van der Waals surface area (Å²) in [5, 5.41) is -0.153. The number of carbonyl (C=O) groups is 1. The SMILES string of the molecule is COP(=O)(OC)C1=C(C)CS[C@H]2[C@H](N)C(=O)N12. The minimum absolute atomic E-state index is 0.153. The average Bonchev–Trinajstić information content (AvgIpc) is 2.36. The number of nitrogens with zero attached hydrogens (tertiary/aromatic N) is 1. The second-order valence-electron chi connectivity index (χ2n) is 3.90. The Morgan fingerprint density at radius 3 is 2.59 bits per heavy atom. The van der Waals surface area contributed by atoms with Crippen LogP contribution in [0.25, 0.3) is 0 Å². The van der Waals surface area contributed by atoms with Gasteiger partial charge in [-0.05, 0) is 12.5 Å². The molecule has 0 aliphatic carbocycles. The molecule has 2 aliphatic heterocycles. The summed E-state index contributed by atoms with van der Waals surface area (Å²) in [7, 11) is -0.781. The molecular weight excluding hydrogens is 263 g/mol. The lowest BCUT2D eigenvalue weighted by Crippen LogP contribution is -2.67. The van der Waals surface area contributed by atoms with E-state index in [-0.39, 0.29) is 11.3 Å². The van der Waals surface area contributed by atoms with E-state index in [1.807, 2.05) is 6.92 Å². The standard InChI is InChI=1S/C9H15N2O4PS/c1-5-4-17-9-6(10)7(12)11(9)8(5)16(13,14-2)15-3/h6,9H,4,10H2,1-3H3/t6-,9+/m1/s1. The Balaban J connectivity index is 2.43. The van der Waals surface area contributed by atoms with Crippen LogP contribution in [0.5, 0.6) is 0 Å². The first-order chi connectivity index (χ1) is 7.96. The second kappa shape index (κ2) is 4.40. The Kier molecular flexibility index (Phi) is 3.40. The minimum Gasteiger partial charge on any atom is -0.317 e. The predicted octanol–water partition coefficient (Wildman–Crippen LogP) is 0.946. The third-order valence-electron chi connectivity index (χ3n) is 2.90. The van der Waals surface area contributed by atoms with Crippen molar-refractivity contribution in [1.82, 2.24) is 4.90 Å². The number of thioether (sulfide) groups is 1. The van der Waals surface area contributed by atoms with Crippen LogP contribution in [-0.2, 0) is 18.4 Å². The van der Waals surface area contributed by atoms with Gasteiger partial charge in [-0.3, -0.25) is 14.3 Å². The van der Waals surface area contributed by atoms with Crippen LogP contribution in [0.4, 0.5) is 0 Å². The molecule has 0 bridgehead atoms. The molecule has 0 radical (unpaired) electrons. The summed E-state index contributed by atoms with van der Waals surface area (Å²) in [5.41, 5.74) is 6.90. The lowest BCUT2D eigenvalue weighted by atomic mass is 10.1. The van der Waals surface area contributed by atoms with E-state index in [0.717, 1.165) is 5.57 Å². The molecule has 8 heteroatoms. The van der Waals surface area contributed by atoms with Crippen LogP contribution in [-0.4, -0.2) is 42.2 Å². The van der Waals surface area contributed by atoms with Gasteiger partial charge in [-0.2, -0.15) is 0 Å². The molecule has 1 fully saturated rings. The van der Waals surface area contributed by atoms with Crippen LogP contribution in [0.15, 0.2) is 11.0 Å². The predicted molar refractivity (Wildman–Crippen MR) is 65.4 cm³/mol. The first-order valence-corrected chi connectivity index (χ1v) is 7.67. The summed E-state index contributed by atoms with van der Waals surface area (Å²) in [5.74, 6) is 0.444. The van der Waals surface area contributed by atoms with E-state index >= 15 is 0 Å². The van der Waals surface area contributed by atoms with Crippen LogP contribution in [0.1, 0.15) is 6.92 Å². The minimum atomic E-state index is -3.40. The zero-order valence-corrected chi connectivity index (χ0v) is 11.6. The smallest absolute Gasteiger partial charge is 0.317 e. The molecule has 0 aromatic rings. The van der Waals surface area contributed by atoms with Gasteiger partial charge in [0.05, 0.1) is 0 Å². The normalized spacial score (nSPS) is 29.2. The first kappa shape index (κ1) is 13.1. The van der Waals surface area contributed by atoms with Crippen LogP contribution < -0.4 is 5.73 Å². The van der Waals surface area contributed by atoms with E-state index in [9.17, 15) is 9.36 Å². The molecule has 0 saturated carbocycles. The van der Waals surface area contributed by atoms with Crippen molar-refractivity contribution in [2.75, 3.05) is 20.0 Å². The molecule has 2 heterocycles. The van der Waals surface area contributed by atoms with Crippen molar-refractivity contribution in [2.24, 2.45) is 5.73 Å². The molecule has 2 atom stereocenters. The molecular formula is C9H15N2O4PS. The monoisotopic (exact) mass is 278 g/mol. The largest absolute Gasteiger partial charge is 0.377 e. The van der Waals surface area contributed by atoms with Gasteiger partial charge in [0, 0.05) is 20.0 Å². The fourth-order valence-corrected chi connectivity index (χ4v) is 4.94. The Labute approximate surface area is 104 Å². The van der Waals surface area contributed by atoms with E-state index in [0.29, 0.717) is 11.2 Å². The lowest BCUT2D eigenvalue weighted by Gasteiger charge is -2.49. The Morgan fingerprint density at radius 1 is 1.47 bits per heavy atom. The molecule has 17 heavy (non-hydrogen) atoms. The molecule has 6 nitrogen and oxygen atoms in total. The van der Waals surface area contributed by atoms with Crippen LogP contribution in [0, 0.1) is 0 Å². The van der Waals surface area contributed by atoms with Gasteiger partial charge >= 0.3 is 7.60 Å². The van der Waals surface area contributed by atoms with Gasteiger partial charge in [0.2, 0.25) is 5.91 Å². The first-order valence-electron chi connectivity index (χ1n) is 5.08. The van der Waals surface area contributed by atoms with Crippen molar-refractivity contribution in [3.63, 3.8) is 0 Å². The molecule has 2 rings (SSSR count). The number of rotatable bonds is 3. The van der Waals surface area contributed by atoms with Gasteiger partial charge in [0.1, 0.15) is 16.9 Å². The molecule has 1 saturated heterocycles. The molecule has 96 valence electrons. The fourth-order valence-electron chi connectivity index (χ4n) is 1.98. The molecule has 2 aliphatic rings. The number of amides is 1. The Hall–Kier alpha value is -0.330. The highest BCUT2D eigenvalue weighted by Crippen LogP contribution is 2.61. The van der Waals surface area contributed by atoms with Crippen molar-refractivity contribution in [3.05, 3.63) is 11.0 Å². The summed E-state index contributed by atoms with van der Waals surface area (Å²) >= 11 is 1.56. The van der Waals surface area contributed by atoms with Crippen LogP contribution in [0.3, 0.4) is 0 Å². The average molecular weight is 278 g/mol. The van der Waals surface area contributed by atoms with Crippen LogP contribution in [0.2, 0.25) is 0 Å². The summed E-state index contributed by atoms with van der Waals surface area (Å²) in [4.78, 5) is 13.2. The number of β-lactam (4-membered cyclic amide) rings is 1. The maximum atomic E-state index is 12.4. The molecule has 0 aromatic carbocycles. The highest BCUT2D eigenvalue weighted by atomic mass is 32.2. The van der Waals surface area contributed by atoms with Gasteiger partial charge in [0.25, 0.3) is 0 Å². The summed E-state index contributed by atoms with van der Waals surface area (Å²) in [6, 6.07) is -0.523. The maximum absolute atomic E-state index is 12.4. The summed E-state index contributed by atoms with van der Waals surface area (Å²) in [6.45, 7) is 1.82. The maximum Gasteiger partial charge on any atom is 0.377 e. The highest BCUT2D eigenvalue weighted by Gasteiger charge is 2.54. The number of carbonyl (C=O) groups excluding carboxylic acids is 1. The van der Waals surface area contributed by atoms with E-state index in [1.54, 1.807) is 11.8 Å². The molecule has 1 amide bonds. The summed E-state index contributed by atoms with van der Waals surface area (Å²) in [6.07, 6.45) is 0. The summed E-state index contributed by atoms with van der Waals surface area (Å²) < 4.78 is 22.3. The second-order valence-corrected chi connectivity index (χ2v) is 7.16. The van der Waals surface area contributed by atoms with Crippen LogP contribution >= 0.6 is 19.4 Å². The third kappa shape index (κ3) is 1.77. The highest BCUT2D eigenvalue weighted by molar-refractivity contribution is 8.00. The topological polar surface area (TPSA) is 81.9 Å². The van der Waals surface area contributed by atoms with Crippen molar-refractivity contribution in [2.45, 2.75) is 18.3 Å². The van der Waals surface area contributed by atoms with Crippen molar-refractivity contribution < 1.29 is 18.4 Å². The van der Waals surface area contributed by atoms with Gasteiger partial charge in [-0.1, -0.05) is 0 Å². The van der Waals surface area contributed by atoms with Crippen molar-refractivity contribution in [1.29, 1.82) is 0 Å². The Morgan fingerprint density at radius 2 is 2.06 bits per heavy atom. The van der Waals surface area contributed by atoms with Gasteiger partial charge in [-0.15, -0.1) is 11.8 Å². The molecule has 0 aromatic heterocycles. The molecule has 2 N–H and O–H groups in total. The van der Waals surface area contributed by atoms with Gasteiger partial charge in [0.15, 0.2) is 0 Å². The molecule has 0 spiro atoms. The number of hydrogen-bond acceptors (Lipinski definition) is 6. The van der Waals surface area contributed by atoms with Crippen molar-refractivity contribution in [3.8, 4) is 0 Å². The van der Waals surface area contributed by atoms with E-state index < -0.39 is 13.6 Å². The van der Waals surface area contributed by atoms with Crippen molar-refractivity contribution >= 4 is 25.3 Å². The number of hydrogen-bond donors (Lipinski definition) is 1. The van der Waals surface area contributed by atoms with Gasteiger partial charge in [-0.25, -0.2) is 0 Å². The Bertz CT molecular complexity index is 431. The third-order valence-corrected chi connectivity index (χ3v) is 6.43. The van der Waals surface area contributed by atoms with E-state index in [4.69, 9.17) is 14.8 Å². The number of fused-ring (bicyclic) bond motifs is 1. The lowest BCUT2D eigenvalue weighted by molar-refractivity contribution is -0.140. The fraction of sp³-hybridized carbons (Fsp3) is 0.667.